The molecule has 0 saturated carbocycles. The summed E-state index contributed by atoms with van der Waals surface area (Å²) < 4.78 is 13.3. The van der Waals surface area contributed by atoms with Gasteiger partial charge in [-0.1, -0.05) is 11.3 Å². The molecule has 2 unspecified atom stereocenters. The number of hydrogen-bond acceptors (Lipinski definition) is 16. The van der Waals surface area contributed by atoms with E-state index in [1.807, 2.05) is 60.0 Å². The van der Waals surface area contributed by atoms with Crippen molar-refractivity contribution >= 4 is 51.8 Å². The number of benzene rings is 2. The van der Waals surface area contributed by atoms with E-state index >= 15 is 0 Å². The van der Waals surface area contributed by atoms with Gasteiger partial charge in [-0.3, -0.25) is 24.7 Å². The molecule has 7 heterocycles. The molecule has 3 saturated heterocycles. The normalized spacial score (nSPS) is 19.8. The molecule has 20 nitrogen and oxygen atoms in total. The third-order valence-corrected chi connectivity index (χ3v) is 15.8. The lowest BCUT2D eigenvalue weighted by molar-refractivity contribution is -0.146. The number of methoxy groups -OCH3 is 1. The van der Waals surface area contributed by atoms with Gasteiger partial charge in [0.05, 0.1) is 37.5 Å². The molecule has 0 radical (unpaired) electrons. The highest BCUT2D eigenvalue weighted by Gasteiger charge is 2.43. The zero-order valence-corrected chi connectivity index (χ0v) is 41.6. The smallest absolute Gasteiger partial charge is 0.345 e. The molecule has 3 atom stereocenters. The van der Waals surface area contributed by atoms with Gasteiger partial charge in [0.25, 0.3) is 0 Å². The molecular weight excluding hydrogens is 935 g/mol. The molecule has 3 aromatic heterocycles. The number of amides is 4. The summed E-state index contributed by atoms with van der Waals surface area (Å²) in [6, 6.07) is 12.2. The van der Waals surface area contributed by atoms with Gasteiger partial charge in [-0.05, 0) is 93.2 Å². The Hall–Kier alpha value is -5.91. The molecule has 372 valence electrons. The van der Waals surface area contributed by atoms with Gasteiger partial charge in [-0.15, -0.1) is 28.2 Å². The Morgan fingerprint density at radius 3 is 2.50 bits per heavy atom. The molecule has 3 fully saturated rings. The fraction of sp³-hybridized carbons (Fsp3) is 0.500. The third-order valence-electron chi connectivity index (χ3n) is 13.8. The Labute approximate surface area is 414 Å². The number of urea groups is 1. The maximum Gasteiger partial charge on any atom is 0.345 e. The van der Waals surface area contributed by atoms with E-state index in [-0.39, 0.29) is 35.9 Å². The summed E-state index contributed by atoms with van der Waals surface area (Å²) >= 11 is 2.60. The van der Waals surface area contributed by atoms with Crippen molar-refractivity contribution in [2.24, 2.45) is 0 Å². The van der Waals surface area contributed by atoms with E-state index in [0.717, 1.165) is 67.2 Å². The monoisotopic (exact) mass is 995 g/mol. The number of rotatable bonds is 16. The number of carbonyl (C=O) groups is 3. The predicted octanol–water partition coefficient (Wildman–Crippen LogP) is 3.66. The number of thioether (sulfide) groups is 1. The summed E-state index contributed by atoms with van der Waals surface area (Å²) in [6.45, 7) is 11.0. The summed E-state index contributed by atoms with van der Waals surface area (Å²) in [5, 5.41) is 28.9. The van der Waals surface area contributed by atoms with Crippen LogP contribution >= 0.6 is 23.1 Å². The summed E-state index contributed by atoms with van der Waals surface area (Å²) in [7, 11) is 3.69. The first-order chi connectivity index (χ1) is 33.9. The van der Waals surface area contributed by atoms with Crippen molar-refractivity contribution in [2.75, 3.05) is 89.5 Å². The van der Waals surface area contributed by atoms with E-state index < -0.39 is 24.0 Å². The summed E-state index contributed by atoms with van der Waals surface area (Å²) in [6.07, 6.45) is 5.04. The first-order valence-electron chi connectivity index (χ1n) is 23.8. The summed E-state index contributed by atoms with van der Waals surface area (Å²) in [4.78, 5) is 73.3. The number of nitrogens with one attached hydrogen (secondary N) is 3. The van der Waals surface area contributed by atoms with E-state index in [2.05, 4.69) is 45.7 Å². The minimum absolute atomic E-state index is 0.0134. The number of carbonyl (C=O) groups excluding carboxylic acids is 3. The highest BCUT2D eigenvalue weighted by molar-refractivity contribution is 7.99. The zero-order valence-electron chi connectivity index (χ0n) is 40.0. The fourth-order valence-electron chi connectivity index (χ4n) is 9.74. The number of H-pyrrole nitrogens is 1. The first-order valence-corrected chi connectivity index (χ1v) is 25.7. The van der Waals surface area contributed by atoms with Gasteiger partial charge in [0, 0.05) is 99.6 Å². The number of fused-ring (bicyclic) bond motifs is 1. The van der Waals surface area contributed by atoms with Gasteiger partial charge in [0.1, 0.15) is 29.4 Å². The van der Waals surface area contributed by atoms with Crippen molar-refractivity contribution in [1.82, 2.24) is 54.4 Å². The van der Waals surface area contributed by atoms with Crippen LogP contribution in [0.15, 0.2) is 70.1 Å². The number of anilines is 2. The average molecular weight is 996 g/mol. The Balaban J connectivity index is 0.699. The van der Waals surface area contributed by atoms with Crippen LogP contribution in [-0.2, 0) is 29.0 Å². The van der Waals surface area contributed by atoms with Crippen molar-refractivity contribution in [1.29, 1.82) is 0 Å². The molecule has 0 bridgehead atoms. The van der Waals surface area contributed by atoms with Gasteiger partial charge in [-0.2, -0.15) is 4.98 Å². The average Bonchev–Trinajstić information content (AvgIpc) is 4.00. The number of aliphatic hydroxyl groups is 1. The molecule has 4 aliphatic rings. The van der Waals surface area contributed by atoms with Crippen LogP contribution in [0.1, 0.15) is 59.8 Å². The molecule has 4 amide bonds. The standard InChI is InChI=1S/C48H61N13O7S2/c1-30-24-49-46(65)52-44(30)69-29-43(63)61-31(2)39-10-9-38(67-4)21-32(39)22-41(61)45(64)58-13-11-36(12-14-58)59-25-33(26-59)40-27-60(55-54-40)19-20-68-37-7-5-34(6-8-37)50-47(66)53-48-51-35(28-70-48)23-42(62)57-17-15-56(3)16-18-57/h5-10,21,24,27-28,31,33,36,41,43,63H,11-20,22-23,25-26,29H2,1-4H3,(H,49,52,65)(H2,50,51,53,66)/t31-,41?,43?/m0/s1. The van der Waals surface area contributed by atoms with E-state index in [0.29, 0.717) is 79.1 Å². The lowest BCUT2D eigenvalue weighted by atomic mass is 9.87. The minimum Gasteiger partial charge on any atom is -0.497 e. The van der Waals surface area contributed by atoms with Crippen molar-refractivity contribution in [3.05, 3.63) is 98.8 Å². The van der Waals surface area contributed by atoms with Crippen molar-refractivity contribution in [2.45, 2.75) is 81.4 Å². The van der Waals surface area contributed by atoms with E-state index in [1.165, 1.54) is 23.1 Å². The second-order valence-corrected chi connectivity index (χ2v) is 20.3. The predicted molar refractivity (Wildman–Crippen MR) is 265 cm³/mol. The number of aryl methyl sites for hydroxylation is 1. The van der Waals surface area contributed by atoms with Crippen molar-refractivity contribution in [3.8, 4) is 11.5 Å². The maximum absolute atomic E-state index is 14.5. The highest BCUT2D eigenvalue weighted by atomic mass is 32.2. The molecule has 0 aliphatic carbocycles. The van der Waals surface area contributed by atoms with E-state index in [9.17, 15) is 24.3 Å². The van der Waals surface area contributed by atoms with Crippen LogP contribution in [0.25, 0.3) is 0 Å². The zero-order chi connectivity index (χ0) is 48.9. The van der Waals surface area contributed by atoms with Crippen LogP contribution in [0.5, 0.6) is 11.5 Å². The van der Waals surface area contributed by atoms with Crippen LogP contribution < -0.4 is 25.8 Å². The molecule has 70 heavy (non-hydrogen) atoms. The number of hydrogen-bond donors (Lipinski definition) is 4. The van der Waals surface area contributed by atoms with Crippen molar-refractivity contribution < 1.29 is 29.0 Å². The molecule has 2 aromatic carbocycles. The number of thiazole rings is 1. The largest absolute Gasteiger partial charge is 0.497 e. The highest BCUT2D eigenvalue weighted by Crippen LogP contribution is 2.39. The first kappa shape index (κ1) is 49.1. The van der Waals surface area contributed by atoms with Gasteiger partial charge in [0.15, 0.2) is 5.13 Å². The van der Waals surface area contributed by atoms with Gasteiger partial charge in [-0.25, -0.2) is 19.3 Å². The number of aromatic nitrogens is 6. The summed E-state index contributed by atoms with van der Waals surface area (Å²) in [5.41, 5.74) is 4.65. The number of aliphatic hydroxyl groups excluding tert-OH is 1. The molecule has 0 spiro atoms. The molecule has 9 rings (SSSR count). The van der Waals surface area contributed by atoms with Gasteiger partial charge < -0.3 is 39.6 Å². The summed E-state index contributed by atoms with van der Waals surface area (Å²) in [5.74, 6) is 1.97. The number of likely N-dealkylation sites (tertiary alicyclic amines) is 2. The molecule has 4 aliphatic heterocycles. The Morgan fingerprint density at radius 2 is 1.74 bits per heavy atom. The SMILES string of the molecule is COc1ccc2c(c1)CC(C(=O)N1CCC(N3CC(c4cn(CCOc5ccc(NC(=O)Nc6nc(CC(=O)N7CCN(C)CC7)cs6)cc5)nn4)C3)CC1)N(C(O)CSc1nc(=O)[nH]cc1C)[C@H]2C. The van der Waals surface area contributed by atoms with Crippen LogP contribution in [0, 0.1) is 6.92 Å². The topological polar surface area (TPSA) is 220 Å². The van der Waals surface area contributed by atoms with Crippen LogP contribution in [0.3, 0.4) is 0 Å². The number of likely N-dealkylation sites (N-methyl/N-ethyl adjacent to an activating group) is 1. The number of piperazine rings is 1. The second kappa shape index (κ2) is 22.0. The van der Waals surface area contributed by atoms with Crippen LogP contribution in [-0.4, -0.2) is 175 Å². The lowest BCUT2D eigenvalue weighted by Crippen LogP contribution is -2.59. The quantitative estimate of drug-likeness (QED) is 0.0819. The number of ether oxygens (including phenoxy) is 2. The lowest BCUT2D eigenvalue weighted by Gasteiger charge is -2.48. The third kappa shape index (κ3) is 11.6. The van der Waals surface area contributed by atoms with E-state index in [4.69, 9.17) is 9.47 Å². The van der Waals surface area contributed by atoms with Gasteiger partial charge >= 0.3 is 11.7 Å². The molecule has 4 N–H and O–H groups in total. The second-order valence-electron chi connectivity index (χ2n) is 18.5. The minimum atomic E-state index is -0.960. The number of aromatic amines is 1. The molecular formula is C48H61N13O7S2. The van der Waals surface area contributed by atoms with Crippen LogP contribution in [0.4, 0.5) is 15.6 Å². The van der Waals surface area contributed by atoms with Crippen LogP contribution in [0.2, 0.25) is 0 Å². The number of piperidine rings is 1. The molecule has 22 heteroatoms. The number of nitrogens with zero attached hydrogens (tertiary/aromatic N) is 10. The maximum atomic E-state index is 14.5. The Bertz CT molecular complexity index is 2680. The van der Waals surface area contributed by atoms with Crippen molar-refractivity contribution in [3.63, 3.8) is 0 Å². The Kier molecular flexibility index (Phi) is 15.4. The fourth-order valence-corrected chi connectivity index (χ4v) is 11.4. The molecule has 5 aromatic rings. The van der Waals surface area contributed by atoms with Gasteiger partial charge in [0.2, 0.25) is 11.8 Å². The Morgan fingerprint density at radius 1 is 0.986 bits per heavy atom. The van der Waals surface area contributed by atoms with E-state index in [1.54, 1.807) is 47.6 Å².